The summed E-state index contributed by atoms with van der Waals surface area (Å²) in [6, 6.07) is 68.2. The second kappa shape index (κ2) is 11.3. The van der Waals surface area contributed by atoms with Crippen molar-refractivity contribution in [2.24, 2.45) is 0 Å². The quantitative estimate of drug-likeness (QED) is 0.178. The van der Waals surface area contributed by atoms with E-state index in [1.165, 1.54) is 65.3 Å². The highest BCUT2D eigenvalue weighted by Gasteiger charge is 2.15. The van der Waals surface area contributed by atoms with Crippen LogP contribution in [0.15, 0.2) is 188 Å². The zero-order valence-corrected chi connectivity index (χ0v) is 25.8. The van der Waals surface area contributed by atoms with Crippen LogP contribution in [0.3, 0.4) is 0 Å². The van der Waals surface area contributed by atoms with E-state index < -0.39 is 0 Å². The van der Waals surface area contributed by atoms with Gasteiger partial charge in [0.05, 0.1) is 0 Å². The Hall–Kier alpha value is -6.18. The molecule has 0 aliphatic carbocycles. The van der Waals surface area contributed by atoms with Gasteiger partial charge in [0.2, 0.25) is 0 Å². The molecule has 1 nitrogen and oxygen atoms in total. The molecule has 9 rings (SSSR count). The fourth-order valence-corrected chi connectivity index (χ4v) is 7.18. The number of hydrogen-bond acceptors (Lipinski definition) is 1. The third-order valence-electron chi connectivity index (χ3n) is 9.44. The van der Waals surface area contributed by atoms with E-state index in [1.54, 1.807) is 0 Å². The molecule has 0 N–H and O–H groups in total. The summed E-state index contributed by atoms with van der Waals surface area (Å²) < 4.78 is 0. The first-order chi connectivity index (χ1) is 23.3. The first-order valence-corrected chi connectivity index (χ1v) is 16.2. The maximum atomic E-state index is 2.38. The predicted molar refractivity (Wildman–Crippen MR) is 202 cm³/mol. The van der Waals surface area contributed by atoms with Gasteiger partial charge in [-0.05, 0) is 108 Å². The van der Waals surface area contributed by atoms with Gasteiger partial charge in [-0.15, -0.1) is 0 Å². The van der Waals surface area contributed by atoms with Gasteiger partial charge in [-0.25, -0.2) is 0 Å². The van der Waals surface area contributed by atoms with Gasteiger partial charge >= 0.3 is 0 Å². The summed E-state index contributed by atoms with van der Waals surface area (Å²) in [5, 5.41) is 10.2. The monoisotopic (exact) mass is 597 g/mol. The van der Waals surface area contributed by atoms with E-state index in [0.717, 1.165) is 17.1 Å². The molecule has 0 heterocycles. The lowest BCUT2D eigenvalue weighted by molar-refractivity contribution is 1.28. The molecule has 0 aliphatic heterocycles. The number of fused-ring (bicyclic) bond motifs is 6. The normalized spacial score (nSPS) is 11.4. The van der Waals surface area contributed by atoms with Crippen molar-refractivity contribution in [3.05, 3.63) is 188 Å². The summed E-state index contributed by atoms with van der Waals surface area (Å²) in [4.78, 5) is 2.34. The molecule has 220 valence electrons. The minimum atomic E-state index is 1.12. The van der Waals surface area contributed by atoms with Gasteiger partial charge in [0.15, 0.2) is 0 Å². The zero-order valence-electron chi connectivity index (χ0n) is 25.8. The number of rotatable bonds is 5. The zero-order chi connectivity index (χ0) is 31.2. The predicted octanol–water partition coefficient (Wildman–Crippen LogP) is 13.1. The van der Waals surface area contributed by atoms with Crippen LogP contribution in [-0.2, 0) is 0 Å². The third-order valence-corrected chi connectivity index (χ3v) is 9.44. The summed E-state index contributed by atoms with van der Waals surface area (Å²) >= 11 is 0. The molecule has 0 fully saturated rings. The Morgan fingerprint density at radius 3 is 1.45 bits per heavy atom. The van der Waals surface area contributed by atoms with Crippen LogP contribution in [0.2, 0.25) is 0 Å². The highest BCUT2D eigenvalue weighted by atomic mass is 15.1. The Bertz CT molecular complexity index is 2540. The molecule has 0 aliphatic rings. The Balaban J connectivity index is 1.15. The molecule has 0 spiro atoms. The lowest BCUT2D eigenvalue weighted by atomic mass is 9.91. The van der Waals surface area contributed by atoms with E-state index in [9.17, 15) is 0 Å². The van der Waals surface area contributed by atoms with E-state index in [0.29, 0.717) is 0 Å². The molecule has 0 bridgehead atoms. The minimum Gasteiger partial charge on any atom is -0.311 e. The summed E-state index contributed by atoms with van der Waals surface area (Å²) in [5.41, 5.74) is 8.29. The molecule has 47 heavy (non-hydrogen) atoms. The molecule has 0 saturated heterocycles. The topological polar surface area (TPSA) is 3.24 Å². The second-order valence-corrected chi connectivity index (χ2v) is 12.1. The smallest absolute Gasteiger partial charge is 0.0462 e. The van der Waals surface area contributed by atoms with Crippen molar-refractivity contribution in [2.45, 2.75) is 0 Å². The lowest BCUT2D eigenvalue weighted by Crippen LogP contribution is -2.09. The molecule has 0 aromatic heterocycles. The number of nitrogens with zero attached hydrogens (tertiary/aromatic N) is 1. The first-order valence-electron chi connectivity index (χ1n) is 16.2. The van der Waals surface area contributed by atoms with Gasteiger partial charge in [0.25, 0.3) is 0 Å². The fourth-order valence-electron chi connectivity index (χ4n) is 7.18. The van der Waals surface area contributed by atoms with Crippen LogP contribution in [-0.4, -0.2) is 0 Å². The van der Waals surface area contributed by atoms with Gasteiger partial charge in [0, 0.05) is 17.1 Å². The first kappa shape index (κ1) is 27.2. The molecule has 9 aromatic rings. The fraction of sp³-hybridized carbons (Fsp3) is 0. The van der Waals surface area contributed by atoms with E-state index in [-0.39, 0.29) is 0 Å². The molecule has 0 saturated carbocycles. The molecule has 9 aromatic carbocycles. The van der Waals surface area contributed by atoms with Crippen LogP contribution >= 0.6 is 0 Å². The van der Waals surface area contributed by atoms with E-state index in [2.05, 4.69) is 193 Å². The van der Waals surface area contributed by atoms with Gasteiger partial charge in [0.1, 0.15) is 0 Å². The van der Waals surface area contributed by atoms with Gasteiger partial charge in [-0.1, -0.05) is 146 Å². The van der Waals surface area contributed by atoms with Crippen LogP contribution in [0, 0.1) is 0 Å². The highest BCUT2D eigenvalue weighted by Crippen LogP contribution is 2.41. The third kappa shape index (κ3) is 4.72. The Labute approximate surface area is 274 Å². The van der Waals surface area contributed by atoms with Crippen molar-refractivity contribution >= 4 is 60.2 Å². The average molecular weight is 598 g/mol. The lowest BCUT2D eigenvalue weighted by Gasteiger charge is -2.26. The van der Waals surface area contributed by atoms with Gasteiger partial charge < -0.3 is 4.90 Å². The second-order valence-electron chi connectivity index (χ2n) is 12.1. The molecular weight excluding hydrogens is 567 g/mol. The Morgan fingerprint density at radius 1 is 0.255 bits per heavy atom. The molecule has 1 heteroatoms. The summed E-state index contributed by atoms with van der Waals surface area (Å²) in [6.07, 6.45) is 0. The number of anilines is 3. The molecule has 0 radical (unpaired) electrons. The number of hydrogen-bond donors (Lipinski definition) is 0. The van der Waals surface area contributed by atoms with Crippen molar-refractivity contribution in [1.29, 1.82) is 0 Å². The number of benzene rings is 9. The van der Waals surface area contributed by atoms with Gasteiger partial charge in [-0.2, -0.15) is 0 Å². The van der Waals surface area contributed by atoms with Crippen molar-refractivity contribution in [3.63, 3.8) is 0 Å². The van der Waals surface area contributed by atoms with Crippen molar-refractivity contribution in [3.8, 4) is 22.3 Å². The Kier molecular flexibility index (Phi) is 6.54. The molecule has 0 amide bonds. The largest absolute Gasteiger partial charge is 0.311 e. The molecule has 0 atom stereocenters. The molecule has 0 unspecified atom stereocenters. The van der Waals surface area contributed by atoms with E-state index >= 15 is 0 Å². The van der Waals surface area contributed by atoms with Crippen molar-refractivity contribution in [2.75, 3.05) is 4.90 Å². The van der Waals surface area contributed by atoms with Crippen molar-refractivity contribution in [1.82, 2.24) is 0 Å². The van der Waals surface area contributed by atoms with Crippen LogP contribution in [0.1, 0.15) is 0 Å². The Morgan fingerprint density at radius 2 is 0.745 bits per heavy atom. The maximum absolute atomic E-state index is 2.38. The van der Waals surface area contributed by atoms with Crippen LogP contribution in [0.4, 0.5) is 17.1 Å². The average Bonchev–Trinajstić information content (AvgIpc) is 3.15. The van der Waals surface area contributed by atoms with E-state index in [4.69, 9.17) is 0 Å². The van der Waals surface area contributed by atoms with Crippen LogP contribution in [0.25, 0.3) is 65.3 Å². The minimum absolute atomic E-state index is 1.12. The van der Waals surface area contributed by atoms with Crippen LogP contribution in [0.5, 0.6) is 0 Å². The SMILES string of the molecule is c1ccc(N(c2ccc(-c3cccc4ccccc34)cc2)c2ccc(-c3cc4c5ccccc5ccc4c4ccccc34)cc2)cc1. The van der Waals surface area contributed by atoms with Crippen molar-refractivity contribution < 1.29 is 0 Å². The summed E-state index contributed by atoms with van der Waals surface area (Å²) in [6.45, 7) is 0. The van der Waals surface area contributed by atoms with Gasteiger partial charge in [-0.3, -0.25) is 0 Å². The molecular formula is C46H31N. The summed E-state index contributed by atoms with van der Waals surface area (Å²) in [7, 11) is 0. The van der Waals surface area contributed by atoms with E-state index in [1.807, 2.05) is 0 Å². The summed E-state index contributed by atoms with van der Waals surface area (Å²) in [5.74, 6) is 0. The number of para-hydroxylation sites is 1. The van der Waals surface area contributed by atoms with Crippen LogP contribution < -0.4 is 4.90 Å². The standard InChI is InChI=1S/C46H31N/c1-2-14-36(15-3-1)47(37-26-21-34(22-27-37)40-20-10-13-32-11-4-6-16-39(32)40)38-28-23-35(24-29-38)45-31-46-41-17-7-5-12-33(41)25-30-44(46)42-18-8-9-19-43(42)45/h1-31H. The maximum Gasteiger partial charge on any atom is 0.0462 e. The highest BCUT2D eigenvalue weighted by molar-refractivity contribution is 6.21.